The van der Waals surface area contributed by atoms with Crippen LogP contribution in [-0.2, 0) is 10.0 Å². The summed E-state index contributed by atoms with van der Waals surface area (Å²) >= 11 is 0. The van der Waals surface area contributed by atoms with Crippen molar-refractivity contribution in [2.24, 2.45) is 0 Å². The summed E-state index contributed by atoms with van der Waals surface area (Å²) in [6, 6.07) is 7.82. The van der Waals surface area contributed by atoms with Crippen LogP contribution >= 0.6 is 0 Å². The maximum absolute atomic E-state index is 15.1. The number of benzene rings is 2. The lowest BCUT2D eigenvalue weighted by molar-refractivity contribution is 0.588. The Labute approximate surface area is 187 Å². The number of nitrogens with one attached hydrogen (secondary N) is 2. The van der Waals surface area contributed by atoms with Crippen molar-refractivity contribution < 1.29 is 21.6 Å². The van der Waals surface area contributed by atoms with Gasteiger partial charge >= 0.3 is 0 Å². The summed E-state index contributed by atoms with van der Waals surface area (Å²) < 4.78 is 70.4. The van der Waals surface area contributed by atoms with Crippen molar-refractivity contribution in [3.05, 3.63) is 72.6 Å². The zero-order chi connectivity index (χ0) is 23.6. The largest absolute Gasteiger partial charge is 0.335 e. The van der Waals surface area contributed by atoms with Gasteiger partial charge in [0.2, 0.25) is 10.0 Å². The summed E-state index contributed by atoms with van der Waals surface area (Å²) in [6.07, 6.45) is 4.47. The number of rotatable bonds is 7. The van der Waals surface area contributed by atoms with Gasteiger partial charge in [0.05, 0.1) is 17.0 Å². The smallest absolute Gasteiger partial charge is 0.232 e. The van der Waals surface area contributed by atoms with Crippen LogP contribution in [0.1, 0.15) is 13.3 Å². The van der Waals surface area contributed by atoms with Crippen molar-refractivity contribution >= 4 is 38.1 Å². The first-order chi connectivity index (χ1) is 15.8. The molecule has 0 unspecified atom stereocenters. The fourth-order valence-corrected chi connectivity index (χ4v) is 4.41. The molecule has 33 heavy (non-hydrogen) atoms. The van der Waals surface area contributed by atoms with Gasteiger partial charge in [-0.15, -0.1) is 0 Å². The molecule has 0 bridgehead atoms. The number of pyridine rings is 1. The summed E-state index contributed by atoms with van der Waals surface area (Å²) in [7, 11) is -3.80. The lowest BCUT2D eigenvalue weighted by Crippen LogP contribution is -2.17. The molecule has 0 aliphatic heterocycles. The molecule has 4 rings (SSSR count). The third-order valence-electron chi connectivity index (χ3n) is 4.79. The summed E-state index contributed by atoms with van der Waals surface area (Å²) in [5.41, 5.74) is -0.0344. The Balaban J connectivity index is 1.79. The van der Waals surface area contributed by atoms with E-state index in [9.17, 15) is 17.2 Å². The van der Waals surface area contributed by atoms with Gasteiger partial charge in [0.25, 0.3) is 0 Å². The van der Waals surface area contributed by atoms with E-state index in [0.717, 1.165) is 18.5 Å². The standard InChI is InChI=1S/C22H18F3N5O2S/c1-2-9-33(31,32)30-18-4-3-16(23)21(20(18)25)29-22-15-10-14(13-5-7-26-8-6-13)17(24)11-19(15)27-12-28-22/h3-8,10-12,30H,2,9H2,1H3,(H,27,28,29). The van der Waals surface area contributed by atoms with Crippen LogP contribution in [0.25, 0.3) is 22.0 Å². The summed E-state index contributed by atoms with van der Waals surface area (Å²) in [4.78, 5) is 12.0. The molecule has 0 atom stereocenters. The highest BCUT2D eigenvalue weighted by Crippen LogP contribution is 2.33. The first-order valence-electron chi connectivity index (χ1n) is 9.89. The molecule has 2 heterocycles. The second-order valence-electron chi connectivity index (χ2n) is 7.14. The second-order valence-corrected chi connectivity index (χ2v) is 8.98. The highest BCUT2D eigenvalue weighted by Gasteiger charge is 2.20. The number of fused-ring (bicyclic) bond motifs is 1. The average molecular weight is 473 g/mol. The number of nitrogens with zero attached hydrogens (tertiary/aromatic N) is 3. The topological polar surface area (TPSA) is 96.9 Å². The first-order valence-corrected chi connectivity index (χ1v) is 11.5. The number of halogens is 3. The summed E-state index contributed by atoms with van der Waals surface area (Å²) in [5, 5.41) is 2.88. The van der Waals surface area contributed by atoms with Crippen LogP contribution in [0.2, 0.25) is 0 Å². The molecule has 0 radical (unpaired) electrons. The highest BCUT2D eigenvalue weighted by atomic mass is 32.2. The molecule has 0 spiro atoms. The summed E-state index contributed by atoms with van der Waals surface area (Å²) in [6.45, 7) is 1.66. The van der Waals surface area contributed by atoms with Gasteiger partial charge in [-0.05, 0) is 42.3 Å². The van der Waals surface area contributed by atoms with E-state index < -0.39 is 38.8 Å². The van der Waals surface area contributed by atoms with E-state index in [1.807, 2.05) is 0 Å². The molecule has 2 aromatic heterocycles. The van der Waals surface area contributed by atoms with Crippen LogP contribution in [0.15, 0.2) is 55.1 Å². The number of sulfonamides is 1. The molecule has 11 heteroatoms. The second kappa shape index (κ2) is 9.02. The third-order valence-corrected chi connectivity index (χ3v) is 6.26. The monoisotopic (exact) mass is 473 g/mol. The molecule has 0 saturated heterocycles. The van der Waals surface area contributed by atoms with Gasteiger partial charge < -0.3 is 5.32 Å². The quantitative estimate of drug-likeness (QED) is 0.392. The van der Waals surface area contributed by atoms with Gasteiger partial charge in [-0.2, -0.15) is 0 Å². The minimum Gasteiger partial charge on any atom is -0.335 e. The normalized spacial score (nSPS) is 11.5. The molecule has 2 aromatic carbocycles. The van der Waals surface area contributed by atoms with Crippen molar-refractivity contribution in [1.29, 1.82) is 0 Å². The molecule has 0 aliphatic carbocycles. The SMILES string of the molecule is CCCS(=O)(=O)Nc1ccc(F)c(Nc2ncnc3cc(F)c(-c4ccncc4)cc23)c1F. The molecule has 170 valence electrons. The molecular weight excluding hydrogens is 455 g/mol. The van der Waals surface area contributed by atoms with Crippen molar-refractivity contribution in [1.82, 2.24) is 15.0 Å². The predicted molar refractivity (Wildman–Crippen MR) is 120 cm³/mol. The van der Waals surface area contributed by atoms with Crippen LogP contribution in [0, 0.1) is 17.5 Å². The average Bonchev–Trinajstić information content (AvgIpc) is 2.78. The van der Waals surface area contributed by atoms with Gasteiger partial charge in [0.15, 0.2) is 5.82 Å². The molecule has 0 saturated carbocycles. The number of aromatic nitrogens is 3. The molecule has 0 amide bonds. The Kier molecular flexibility index (Phi) is 6.14. The summed E-state index contributed by atoms with van der Waals surface area (Å²) in [5.74, 6) is -2.84. The minimum atomic E-state index is -3.80. The molecule has 2 N–H and O–H groups in total. The zero-order valence-corrected chi connectivity index (χ0v) is 18.1. The van der Waals surface area contributed by atoms with Crippen molar-refractivity contribution in [2.45, 2.75) is 13.3 Å². The van der Waals surface area contributed by atoms with Crippen LogP contribution < -0.4 is 10.0 Å². The number of hydrogen-bond acceptors (Lipinski definition) is 6. The molecule has 4 aromatic rings. The van der Waals surface area contributed by atoms with E-state index >= 15 is 4.39 Å². The molecule has 7 nitrogen and oxygen atoms in total. The van der Waals surface area contributed by atoms with Crippen molar-refractivity contribution in [2.75, 3.05) is 15.8 Å². The number of anilines is 3. The Morgan fingerprint density at radius 2 is 1.73 bits per heavy atom. The lowest BCUT2D eigenvalue weighted by Gasteiger charge is -2.14. The Morgan fingerprint density at radius 3 is 2.45 bits per heavy atom. The first kappa shape index (κ1) is 22.5. The van der Waals surface area contributed by atoms with E-state index in [4.69, 9.17) is 0 Å². The molecule has 0 aliphatic rings. The predicted octanol–water partition coefficient (Wildman–Crippen LogP) is 5.00. The maximum Gasteiger partial charge on any atom is 0.232 e. The zero-order valence-electron chi connectivity index (χ0n) is 17.3. The Hall–Kier alpha value is -3.73. The Bertz CT molecular complexity index is 1430. The minimum absolute atomic E-state index is 0.0154. The molecule has 0 fully saturated rings. The third kappa shape index (κ3) is 4.72. The van der Waals surface area contributed by atoms with Gasteiger partial charge in [0.1, 0.15) is 29.5 Å². The van der Waals surface area contributed by atoms with Gasteiger partial charge in [-0.1, -0.05) is 6.92 Å². The van der Waals surface area contributed by atoms with E-state index in [1.54, 1.807) is 19.1 Å². The van der Waals surface area contributed by atoms with Crippen LogP contribution in [0.4, 0.5) is 30.4 Å². The molecular formula is C22H18F3N5O2S. The van der Waals surface area contributed by atoms with E-state index in [2.05, 4.69) is 25.0 Å². The lowest BCUT2D eigenvalue weighted by atomic mass is 10.0. The van der Waals surface area contributed by atoms with E-state index in [-0.39, 0.29) is 22.7 Å². The fraction of sp³-hybridized carbons (Fsp3) is 0.136. The van der Waals surface area contributed by atoms with Crippen LogP contribution in [-0.4, -0.2) is 29.1 Å². The van der Waals surface area contributed by atoms with Gasteiger partial charge in [0, 0.05) is 29.4 Å². The van der Waals surface area contributed by atoms with E-state index in [1.165, 1.54) is 24.5 Å². The van der Waals surface area contributed by atoms with Crippen LogP contribution in [0.5, 0.6) is 0 Å². The van der Waals surface area contributed by atoms with Gasteiger partial charge in [-0.25, -0.2) is 31.6 Å². The fourth-order valence-electron chi connectivity index (χ4n) is 3.28. The highest BCUT2D eigenvalue weighted by molar-refractivity contribution is 7.92. The van der Waals surface area contributed by atoms with E-state index in [0.29, 0.717) is 17.4 Å². The van der Waals surface area contributed by atoms with Crippen LogP contribution in [0.3, 0.4) is 0 Å². The Morgan fingerprint density at radius 1 is 0.970 bits per heavy atom. The number of hydrogen-bond donors (Lipinski definition) is 2. The van der Waals surface area contributed by atoms with Crippen molar-refractivity contribution in [3.63, 3.8) is 0 Å². The maximum atomic E-state index is 15.1. The van der Waals surface area contributed by atoms with Crippen molar-refractivity contribution in [3.8, 4) is 11.1 Å². The van der Waals surface area contributed by atoms with Gasteiger partial charge in [-0.3, -0.25) is 9.71 Å².